The average molecular weight is 265 g/mol. The largest absolute Gasteiger partial charge is 0.300 e. The lowest BCUT2D eigenvalue weighted by Crippen LogP contribution is -2.22. The standard InChI is InChI=1S/C19H23N/c1-3-20(4-2)16-15-19(17-11-7-5-8-12-17)18-13-9-6-10-14-18/h5-15H,3-4,16H2,1-2H3. The number of hydrogen-bond donors (Lipinski definition) is 0. The summed E-state index contributed by atoms with van der Waals surface area (Å²) in [5.74, 6) is 0. The van der Waals surface area contributed by atoms with Crippen LogP contribution in [-0.4, -0.2) is 24.5 Å². The zero-order valence-corrected chi connectivity index (χ0v) is 12.4. The molecule has 1 nitrogen and oxygen atoms in total. The Labute approximate surface area is 122 Å². The maximum Gasteiger partial charge on any atom is 0.0172 e. The smallest absolute Gasteiger partial charge is 0.0172 e. The van der Waals surface area contributed by atoms with Gasteiger partial charge >= 0.3 is 0 Å². The third-order valence-electron chi connectivity index (χ3n) is 3.62. The van der Waals surface area contributed by atoms with E-state index in [-0.39, 0.29) is 0 Å². The van der Waals surface area contributed by atoms with Gasteiger partial charge in [-0.15, -0.1) is 0 Å². The van der Waals surface area contributed by atoms with Crippen LogP contribution in [0.15, 0.2) is 66.7 Å². The predicted octanol–water partition coefficient (Wildman–Crippen LogP) is 4.46. The van der Waals surface area contributed by atoms with Crippen LogP contribution >= 0.6 is 0 Å². The molecule has 0 aromatic heterocycles. The highest BCUT2D eigenvalue weighted by Crippen LogP contribution is 2.22. The van der Waals surface area contributed by atoms with Gasteiger partial charge in [-0.2, -0.15) is 0 Å². The van der Waals surface area contributed by atoms with Crippen molar-refractivity contribution in [2.45, 2.75) is 13.8 Å². The minimum absolute atomic E-state index is 0.992. The van der Waals surface area contributed by atoms with Crippen LogP contribution in [0, 0.1) is 0 Å². The van der Waals surface area contributed by atoms with E-state index in [1.807, 2.05) is 0 Å². The topological polar surface area (TPSA) is 3.24 Å². The SMILES string of the molecule is CCN(CC)CC=C(c1ccccc1)c1ccccc1. The maximum atomic E-state index is 2.42. The van der Waals surface area contributed by atoms with E-state index in [4.69, 9.17) is 0 Å². The van der Waals surface area contributed by atoms with Gasteiger partial charge in [0.05, 0.1) is 0 Å². The van der Waals surface area contributed by atoms with Gasteiger partial charge in [-0.1, -0.05) is 80.6 Å². The first-order chi connectivity index (χ1) is 9.85. The van der Waals surface area contributed by atoms with Crippen molar-refractivity contribution in [2.24, 2.45) is 0 Å². The van der Waals surface area contributed by atoms with Crippen molar-refractivity contribution in [2.75, 3.05) is 19.6 Å². The molecule has 2 rings (SSSR count). The number of benzene rings is 2. The molecule has 0 saturated carbocycles. The molecule has 0 amide bonds. The van der Waals surface area contributed by atoms with Crippen molar-refractivity contribution in [3.05, 3.63) is 77.9 Å². The van der Waals surface area contributed by atoms with E-state index >= 15 is 0 Å². The van der Waals surface area contributed by atoms with E-state index in [0.717, 1.165) is 19.6 Å². The molecule has 0 heterocycles. The second-order valence-corrected chi connectivity index (χ2v) is 4.84. The molecule has 1 heteroatoms. The highest BCUT2D eigenvalue weighted by atomic mass is 15.1. The van der Waals surface area contributed by atoms with Gasteiger partial charge in [0.2, 0.25) is 0 Å². The highest BCUT2D eigenvalue weighted by Gasteiger charge is 2.05. The summed E-state index contributed by atoms with van der Waals surface area (Å²) >= 11 is 0. The summed E-state index contributed by atoms with van der Waals surface area (Å²) in [5, 5.41) is 0. The predicted molar refractivity (Wildman–Crippen MR) is 87.8 cm³/mol. The van der Waals surface area contributed by atoms with Gasteiger partial charge in [-0.25, -0.2) is 0 Å². The summed E-state index contributed by atoms with van der Waals surface area (Å²) in [5.41, 5.74) is 3.88. The molecular formula is C19H23N. The van der Waals surface area contributed by atoms with Crippen molar-refractivity contribution >= 4 is 5.57 Å². The van der Waals surface area contributed by atoms with Crippen LogP contribution in [0.4, 0.5) is 0 Å². The van der Waals surface area contributed by atoms with Gasteiger partial charge in [0.15, 0.2) is 0 Å². The number of nitrogens with zero attached hydrogens (tertiary/aromatic N) is 1. The van der Waals surface area contributed by atoms with E-state index in [0.29, 0.717) is 0 Å². The van der Waals surface area contributed by atoms with Gasteiger partial charge in [0.1, 0.15) is 0 Å². The highest BCUT2D eigenvalue weighted by molar-refractivity contribution is 5.79. The number of hydrogen-bond acceptors (Lipinski definition) is 1. The summed E-state index contributed by atoms with van der Waals surface area (Å²) in [6, 6.07) is 21.3. The molecule has 104 valence electrons. The van der Waals surface area contributed by atoms with Crippen molar-refractivity contribution in [1.82, 2.24) is 4.90 Å². The lowest BCUT2D eigenvalue weighted by atomic mass is 9.97. The summed E-state index contributed by atoms with van der Waals surface area (Å²) in [4.78, 5) is 2.42. The van der Waals surface area contributed by atoms with Crippen molar-refractivity contribution in [3.8, 4) is 0 Å². The molecule has 0 aliphatic rings. The minimum atomic E-state index is 0.992. The first kappa shape index (κ1) is 14.5. The molecule has 0 bridgehead atoms. The van der Waals surface area contributed by atoms with Crippen LogP contribution in [0.2, 0.25) is 0 Å². The number of likely N-dealkylation sites (N-methyl/N-ethyl adjacent to an activating group) is 1. The van der Waals surface area contributed by atoms with Gasteiger partial charge in [-0.3, -0.25) is 0 Å². The summed E-state index contributed by atoms with van der Waals surface area (Å²) in [6.07, 6.45) is 2.34. The fourth-order valence-corrected chi connectivity index (χ4v) is 2.34. The lowest BCUT2D eigenvalue weighted by Gasteiger charge is -2.17. The van der Waals surface area contributed by atoms with E-state index in [9.17, 15) is 0 Å². The first-order valence-corrected chi connectivity index (χ1v) is 7.38. The Morgan fingerprint density at radius 1 is 0.800 bits per heavy atom. The Morgan fingerprint density at radius 2 is 1.25 bits per heavy atom. The maximum absolute atomic E-state index is 2.42. The molecule has 0 N–H and O–H groups in total. The molecule has 0 spiro atoms. The van der Waals surface area contributed by atoms with Gasteiger partial charge in [0, 0.05) is 6.54 Å². The Hall–Kier alpha value is -1.86. The van der Waals surface area contributed by atoms with Gasteiger partial charge in [0.25, 0.3) is 0 Å². The Morgan fingerprint density at radius 3 is 1.65 bits per heavy atom. The molecule has 20 heavy (non-hydrogen) atoms. The normalized spacial score (nSPS) is 10.6. The second-order valence-electron chi connectivity index (χ2n) is 4.84. The molecule has 0 atom stereocenters. The third kappa shape index (κ3) is 3.82. The van der Waals surface area contributed by atoms with Crippen LogP contribution in [0.3, 0.4) is 0 Å². The average Bonchev–Trinajstić information content (AvgIpc) is 2.53. The van der Waals surface area contributed by atoms with Crippen LogP contribution in [-0.2, 0) is 0 Å². The molecule has 0 unspecified atom stereocenters. The van der Waals surface area contributed by atoms with E-state index < -0.39 is 0 Å². The molecule has 0 fully saturated rings. The van der Waals surface area contributed by atoms with Crippen LogP contribution in [0.25, 0.3) is 5.57 Å². The third-order valence-corrected chi connectivity index (χ3v) is 3.62. The monoisotopic (exact) mass is 265 g/mol. The molecule has 0 aliphatic carbocycles. The molecule has 2 aromatic rings. The molecule has 0 aliphatic heterocycles. The molecule has 2 aromatic carbocycles. The van der Waals surface area contributed by atoms with Crippen molar-refractivity contribution in [3.63, 3.8) is 0 Å². The number of rotatable bonds is 6. The molecule has 0 radical (unpaired) electrons. The fraction of sp³-hybridized carbons (Fsp3) is 0.263. The summed E-state index contributed by atoms with van der Waals surface area (Å²) in [7, 11) is 0. The van der Waals surface area contributed by atoms with Crippen LogP contribution in [0.5, 0.6) is 0 Å². The van der Waals surface area contributed by atoms with E-state index in [1.165, 1.54) is 16.7 Å². The van der Waals surface area contributed by atoms with Crippen molar-refractivity contribution in [1.29, 1.82) is 0 Å². The first-order valence-electron chi connectivity index (χ1n) is 7.38. The van der Waals surface area contributed by atoms with E-state index in [2.05, 4.69) is 85.5 Å². The Bertz CT molecular complexity index is 483. The van der Waals surface area contributed by atoms with Crippen molar-refractivity contribution < 1.29 is 0 Å². The quantitative estimate of drug-likeness (QED) is 0.745. The zero-order valence-electron chi connectivity index (χ0n) is 12.4. The zero-order chi connectivity index (χ0) is 14.2. The second kappa shape index (κ2) is 7.66. The van der Waals surface area contributed by atoms with Crippen LogP contribution in [0.1, 0.15) is 25.0 Å². The fourth-order valence-electron chi connectivity index (χ4n) is 2.34. The Kier molecular flexibility index (Phi) is 5.57. The molecular weight excluding hydrogens is 242 g/mol. The molecule has 0 saturated heterocycles. The lowest BCUT2D eigenvalue weighted by molar-refractivity contribution is 0.337. The summed E-state index contributed by atoms with van der Waals surface area (Å²) in [6.45, 7) is 7.59. The van der Waals surface area contributed by atoms with E-state index in [1.54, 1.807) is 0 Å². The summed E-state index contributed by atoms with van der Waals surface area (Å²) < 4.78 is 0. The minimum Gasteiger partial charge on any atom is -0.300 e. The van der Waals surface area contributed by atoms with Gasteiger partial charge in [-0.05, 0) is 29.8 Å². The van der Waals surface area contributed by atoms with Crippen LogP contribution < -0.4 is 0 Å². The Balaban J connectivity index is 2.32. The van der Waals surface area contributed by atoms with Gasteiger partial charge < -0.3 is 4.90 Å².